The first-order chi connectivity index (χ1) is 15.2. The summed E-state index contributed by atoms with van der Waals surface area (Å²) >= 11 is 0. The fourth-order valence-corrected chi connectivity index (χ4v) is 4.10. The molecule has 1 heterocycles. The summed E-state index contributed by atoms with van der Waals surface area (Å²) in [4.78, 5) is 13.0. The molecular weight excluding hydrogens is 384 g/mol. The van der Waals surface area contributed by atoms with Crippen LogP contribution in [0.2, 0.25) is 0 Å². The molecule has 1 saturated heterocycles. The molecule has 0 saturated carbocycles. The van der Waals surface area contributed by atoms with E-state index in [9.17, 15) is 4.79 Å². The second kappa shape index (κ2) is 10.3. The van der Waals surface area contributed by atoms with E-state index in [0.29, 0.717) is 6.61 Å². The lowest BCUT2D eigenvalue weighted by Crippen LogP contribution is -2.42. The van der Waals surface area contributed by atoms with Crippen molar-refractivity contribution in [1.82, 2.24) is 10.6 Å². The average molecular weight is 415 g/mol. The van der Waals surface area contributed by atoms with Crippen LogP contribution >= 0.6 is 0 Å². The third kappa shape index (κ3) is 5.53. The number of amides is 1. The highest BCUT2D eigenvalue weighted by molar-refractivity contribution is 5.83. The first kappa shape index (κ1) is 21.1. The van der Waals surface area contributed by atoms with Gasteiger partial charge >= 0.3 is 0 Å². The number of rotatable bonds is 8. The Morgan fingerprint density at radius 2 is 1.65 bits per heavy atom. The van der Waals surface area contributed by atoms with E-state index in [1.54, 1.807) is 0 Å². The molecule has 1 fully saturated rings. The molecule has 0 aromatic heterocycles. The molecule has 0 radical (unpaired) electrons. The largest absolute Gasteiger partial charge is 0.489 e. The van der Waals surface area contributed by atoms with Gasteiger partial charge in [-0.05, 0) is 55.1 Å². The number of carbonyl (C=O) groups excluding carboxylic acids is 1. The van der Waals surface area contributed by atoms with E-state index in [0.717, 1.165) is 41.8 Å². The van der Waals surface area contributed by atoms with Crippen molar-refractivity contribution >= 4 is 5.91 Å². The van der Waals surface area contributed by atoms with Gasteiger partial charge in [-0.3, -0.25) is 4.79 Å². The van der Waals surface area contributed by atoms with Crippen molar-refractivity contribution in [2.24, 2.45) is 0 Å². The Morgan fingerprint density at radius 1 is 0.968 bits per heavy atom. The van der Waals surface area contributed by atoms with Gasteiger partial charge in [0.05, 0.1) is 12.0 Å². The minimum absolute atomic E-state index is 0.0503. The van der Waals surface area contributed by atoms with E-state index in [4.69, 9.17) is 4.74 Å². The Bertz CT molecular complexity index is 952. The Kier molecular flexibility index (Phi) is 7.00. The molecular formula is C27H30N2O2. The first-order valence-corrected chi connectivity index (χ1v) is 11.1. The smallest absolute Gasteiger partial charge is 0.227 e. The zero-order valence-electron chi connectivity index (χ0n) is 18.0. The summed E-state index contributed by atoms with van der Waals surface area (Å²) in [5, 5.41) is 6.86. The van der Waals surface area contributed by atoms with Crippen LogP contribution in [0.15, 0.2) is 84.9 Å². The van der Waals surface area contributed by atoms with E-state index in [-0.39, 0.29) is 23.9 Å². The summed E-state index contributed by atoms with van der Waals surface area (Å²) in [5.41, 5.74) is 3.27. The molecule has 1 aliphatic heterocycles. The summed E-state index contributed by atoms with van der Waals surface area (Å²) in [5.74, 6) is 0.683. The quantitative estimate of drug-likeness (QED) is 0.547. The molecule has 4 rings (SSSR count). The molecule has 1 amide bonds. The van der Waals surface area contributed by atoms with Gasteiger partial charge in [0.1, 0.15) is 12.4 Å². The molecule has 4 nitrogen and oxygen atoms in total. The molecule has 0 bridgehead atoms. The van der Waals surface area contributed by atoms with Crippen LogP contribution in [0.1, 0.15) is 48.4 Å². The molecule has 1 aliphatic rings. The maximum Gasteiger partial charge on any atom is 0.227 e. The normalized spacial score (nSPS) is 17.6. The highest BCUT2D eigenvalue weighted by atomic mass is 16.5. The van der Waals surface area contributed by atoms with Gasteiger partial charge in [-0.1, -0.05) is 72.8 Å². The molecule has 3 aromatic carbocycles. The monoisotopic (exact) mass is 414 g/mol. The topological polar surface area (TPSA) is 50.4 Å². The molecule has 31 heavy (non-hydrogen) atoms. The minimum Gasteiger partial charge on any atom is -0.489 e. The van der Waals surface area contributed by atoms with E-state index in [2.05, 4.69) is 34.9 Å². The predicted molar refractivity (Wildman–Crippen MR) is 124 cm³/mol. The van der Waals surface area contributed by atoms with Crippen LogP contribution in [-0.2, 0) is 11.4 Å². The fourth-order valence-electron chi connectivity index (χ4n) is 4.10. The van der Waals surface area contributed by atoms with Gasteiger partial charge in [0.15, 0.2) is 0 Å². The van der Waals surface area contributed by atoms with Gasteiger partial charge in [-0.25, -0.2) is 0 Å². The Labute approximate surface area is 184 Å². The summed E-state index contributed by atoms with van der Waals surface area (Å²) < 4.78 is 5.93. The molecule has 160 valence electrons. The van der Waals surface area contributed by atoms with Crippen LogP contribution in [0.4, 0.5) is 0 Å². The van der Waals surface area contributed by atoms with Crippen LogP contribution in [0, 0.1) is 0 Å². The van der Waals surface area contributed by atoms with Gasteiger partial charge < -0.3 is 15.4 Å². The number of hydrogen-bond donors (Lipinski definition) is 2. The Balaban J connectivity index is 1.45. The second-order valence-corrected chi connectivity index (χ2v) is 8.16. The summed E-state index contributed by atoms with van der Waals surface area (Å²) in [6, 6.07) is 28.4. The summed E-state index contributed by atoms with van der Waals surface area (Å²) in [6.45, 7) is 3.49. The summed E-state index contributed by atoms with van der Waals surface area (Å²) in [7, 11) is 0. The van der Waals surface area contributed by atoms with Crippen molar-refractivity contribution in [3.05, 3.63) is 102 Å². The average Bonchev–Trinajstić information content (AvgIpc) is 3.37. The van der Waals surface area contributed by atoms with Gasteiger partial charge in [0, 0.05) is 6.04 Å². The van der Waals surface area contributed by atoms with Crippen LogP contribution < -0.4 is 15.4 Å². The zero-order chi connectivity index (χ0) is 21.5. The van der Waals surface area contributed by atoms with Crippen molar-refractivity contribution in [2.45, 2.75) is 44.4 Å². The van der Waals surface area contributed by atoms with Crippen LogP contribution in [0.5, 0.6) is 5.75 Å². The lowest BCUT2D eigenvalue weighted by atomic mass is 9.95. The number of hydrogen-bond acceptors (Lipinski definition) is 3. The third-order valence-corrected chi connectivity index (χ3v) is 5.98. The molecule has 0 aliphatic carbocycles. The van der Waals surface area contributed by atoms with E-state index in [1.807, 2.05) is 67.6 Å². The van der Waals surface area contributed by atoms with Crippen molar-refractivity contribution in [3.63, 3.8) is 0 Å². The van der Waals surface area contributed by atoms with Crippen molar-refractivity contribution in [2.75, 3.05) is 6.54 Å². The fraction of sp³-hybridized carbons (Fsp3) is 0.296. The van der Waals surface area contributed by atoms with Crippen molar-refractivity contribution in [1.29, 1.82) is 0 Å². The van der Waals surface area contributed by atoms with Gasteiger partial charge in [-0.15, -0.1) is 0 Å². The van der Waals surface area contributed by atoms with Crippen LogP contribution in [-0.4, -0.2) is 18.5 Å². The maximum atomic E-state index is 13.0. The SMILES string of the molecule is CC(C(=O)N[C@H](c1ccc(OCc2ccccc2)cc1)C1CCCN1)c1ccccc1. The van der Waals surface area contributed by atoms with Gasteiger partial charge in [0.2, 0.25) is 5.91 Å². The highest BCUT2D eigenvalue weighted by Crippen LogP contribution is 2.27. The number of benzene rings is 3. The third-order valence-electron chi connectivity index (χ3n) is 5.98. The zero-order valence-corrected chi connectivity index (χ0v) is 18.0. The molecule has 0 spiro atoms. The Morgan fingerprint density at radius 3 is 2.29 bits per heavy atom. The molecule has 2 unspecified atom stereocenters. The minimum atomic E-state index is -0.196. The number of ether oxygens (including phenoxy) is 1. The lowest BCUT2D eigenvalue weighted by molar-refractivity contribution is -0.123. The van der Waals surface area contributed by atoms with E-state index < -0.39 is 0 Å². The van der Waals surface area contributed by atoms with Crippen LogP contribution in [0.3, 0.4) is 0 Å². The molecule has 4 heteroatoms. The number of nitrogens with one attached hydrogen (secondary N) is 2. The van der Waals surface area contributed by atoms with Gasteiger partial charge in [-0.2, -0.15) is 0 Å². The lowest BCUT2D eigenvalue weighted by Gasteiger charge is -2.27. The predicted octanol–water partition coefficient (Wildman–Crippen LogP) is 4.98. The van der Waals surface area contributed by atoms with Crippen molar-refractivity contribution < 1.29 is 9.53 Å². The van der Waals surface area contributed by atoms with E-state index >= 15 is 0 Å². The maximum absolute atomic E-state index is 13.0. The molecule has 2 N–H and O–H groups in total. The highest BCUT2D eigenvalue weighted by Gasteiger charge is 2.29. The van der Waals surface area contributed by atoms with Gasteiger partial charge in [0.25, 0.3) is 0 Å². The van der Waals surface area contributed by atoms with Crippen molar-refractivity contribution in [3.8, 4) is 5.75 Å². The Hall–Kier alpha value is -3.11. The molecule has 3 aromatic rings. The first-order valence-electron chi connectivity index (χ1n) is 11.1. The standard InChI is InChI=1S/C27H30N2O2/c1-20(22-11-6-3-7-12-22)27(30)29-26(25-13-8-18-28-25)23-14-16-24(17-15-23)31-19-21-9-4-2-5-10-21/h2-7,9-12,14-17,20,25-26,28H,8,13,18-19H2,1H3,(H,29,30)/t20?,25?,26-/m1/s1. The van der Waals surface area contributed by atoms with Crippen LogP contribution in [0.25, 0.3) is 0 Å². The summed E-state index contributed by atoms with van der Waals surface area (Å²) in [6.07, 6.45) is 2.18. The van der Waals surface area contributed by atoms with E-state index in [1.165, 1.54) is 0 Å². The second-order valence-electron chi connectivity index (χ2n) is 8.16. The number of carbonyl (C=O) groups is 1. The molecule has 3 atom stereocenters.